The Hall–Kier alpha value is -0.570. The van der Waals surface area contributed by atoms with Gasteiger partial charge < -0.3 is 9.84 Å². The molecule has 78 valence electrons. The minimum absolute atomic E-state index is 0.0385. The second-order valence-corrected chi connectivity index (χ2v) is 3.86. The second-order valence-electron chi connectivity index (χ2n) is 3.86. The molecule has 0 saturated carbocycles. The average molecular weight is 188 g/mol. The molecule has 0 bridgehead atoms. The minimum Gasteiger partial charge on any atom is -0.469 e. The van der Waals surface area contributed by atoms with E-state index >= 15 is 0 Å². The van der Waals surface area contributed by atoms with Crippen LogP contribution in [0.3, 0.4) is 0 Å². The first-order valence-corrected chi connectivity index (χ1v) is 4.68. The molecule has 0 aromatic heterocycles. The number of carbonyl (C=O) groups is 1. The zero-order valence-electron chi connectivity index (χ0n) is 9.13. The molecule has 2 unspecified atom stereocenters. The van der Waals surface area contributed by atoms with Gasteiger partial charge in [0.1, 0.15) is 0 Å². The van der Waals surface area contributed by atoms with E-state index in [0.29, 0.717) is 6.42 Å². The third kappa shape index (κ3) is 2.69. The van der Waals surface area contributed by atoms with Crippen molar-refractivity contribution in [1.29, 1.82) is 0 Å². The predicted molar refractivity (Wildman–Crippen MR) is 51.3 cm³/mol. The Morgan fingerprint density at radius 1 is 1.54 bits per heavy atom. The van der Waals surface area contributed by atoms with Crippen molar-refractivity contribution in [2.45, 2.75) is 39.7 Å². The van der Waals surface area contributed by atoms with Crippen LogP contribution in [-0.4, -0.2) is 23.8 Å². The molecule has 3 nitrogen and oxygen atoms in total. The van der Waals surface area contributed by atoms with Crippen LogP contribution in [0.2, 0.25) is 0 Å². The Bertz CT molecular complexity index is 173. The Morgan fingerprint density at radius 2 is 2.00 bits per heavy atom. The van der Waals surface area contributed by atoms with Crippen LogP contribution in [0.4, 0.5) is 0 Å². The molecule has 0 heterocycles. The lowest BCUT2D eigenvalue weighted by atomic mass is 9.79. The molecule has 0 aromatic carbocycles. The predicted octanol–water partition coefficient (Wildman–Crippen LogP) is 1.59. The van der Waals surface area contributed by atoms with Gasteiger partial charge in [0.15, 0.2) is 0 Å². The van der Waals surface area contributed by atoms with Gasteiger partial charge in [-0.15, -0.1) is 0 Å². The van der Waals surface area contributed by atoms with Crippen LogP contribution in [0.25, 0.3) is 0 Å². The number of methoxy groups -OCH3 is 1. The van der Waals surface area contributed by atoms with Gasteiger partial charge in [-0.3, -0.25) is 4.79 Å². The van der Waals surface area contributed by atoms with Crippen LogP contribution in [0.15, 0.2) is 0 Å². The Kier molecular flexibility index (Phi) is 4.40. The smallest absolute Gasteiger partial charge is 0.311 e. The molecule has 0 radical (unpaired) electrons. The van der Waals surface area contributed by atoms with Crippen molar-refractivity contribution in [2.75, 3.05) is 7.11 Å². The Morgan fingerprint density at radius 3 is 2.23 bits per heavy atom. The van der Waals surface area contributed by atoms with Crippen molar-refractivity contribution >= 4 is 5.97 Å². The highest BCUT2D eigenvalue weighted by Gasteiger charge is 2.39. The fraction of sp³-hybridized carbons (Fsp3) is 0.900. The van der Waals surface area contributed by atoms with Gasteiger partial charge in [0, 0.05) is 0 Å². The lowest BCUT2D eigenvalue weighted by molar-refractivity contribution is -0.158. The standard InChI is InChI=1S/C10H20O3/c1-6-8(9(11)13-5)10(4,12)7(2)3/h7-8,12H,6H2,1-5H3. The van der Waals surface area contributed by atoms with Gasteiger partial charge in [0.25, 0.3) is 0 Å². The molecule has 0 fully saturated rings. The van der Waals surface area contributed by atoms with E-state index in [9.17, 15) is 9.90 Å². The topological polar surface area (TPSA) is 46.5 Å². The number of esters is 1. The third-order valence-corrected chi connectivity index (χ3v) is 2.77. The van der Waals surface area contributed by atoms with Gasteiger partial charge >= 0.3 is 5.97 Å². The molecule has 0 aliphatic heterocycles. The summed E-state index contributed by atoms with van der Waals surface area (Å²) in [6.07, 6.45) is 0.595. The summed E-state index contributed by atoms with van der Waals surface area (Å²) in [6.45, 7) is 7.35. The lowest BCUT2D eigenvalue weighted by Crippen LogP contribution is -2.44. The summed E-state index contributed by atoms with van der Waals surface area (Å²) >= 11 is 0. The molecule has 3 heteroatoms. The maximum Gasteiger partial charge on any atom is 0.311 e. The van der Waals surface area contributed by atoms with Crippen molar-refractivity contribution in [2.24, 2.45) is 11.8 Å². The van der Waals surface area contributed by atoms with Crippen LogP contribution >= 0.6 is 0 Å². The van der Waals surface area contributed by atoms with Crippen molar-refractivity contribution < 1.29 is 14.6 Å². The highest BCUT2D eigenvalue weighted by atomic mass is 16.5. The summed E-state index contributed by atoms with van der Waals surface area (Å²) in [6, 6.07) is 0. The number of hydrogen-bond acceptors (Lipinski definition) is 3. The lowest BCUT2D eigenvalue weighted by Gasteiger charge is -2.33. The first-order chi connectivity index (χ1) is 5.87. The number of hydrogen-bond donors (Lipinski definition) is 1. The van der Waals surface area contributed by atoms with E-state index in [1.165, 1.54) is 7.11 Å². The van der Waals surface area contributed by atoms with E-state index in [2.05, 4.69) is 4.74 Å². The second kappa shape index (κ2) is 4.61. The molecule has 0 spiro atoms. The van der Waals surface area contributed by atoms with Crippen molar-refractivity contribution in [3.63, 3.8) is 0 Å². The number of carbonyl (C=O) groups excluding carboxylic acids is 1. The van der Waals surface area contributed by atoms with Gasteiger partial charge in [0.05, 0.1) is 18.6 Å². The monoisotopic (exact) mass is 188 g/mol. The van der Waals surface area contributed by atoms with E-state index in [1.807, 2.05) is 20.8 Å². The highest BCUT2D eigenvalue weighted by molar-refractivity contribution is 5.73. The van der Waals surface area contributed by atoms with Gasteiger partial charge in [-0.1, -0.05) is 20.8 Å². The molecule has 0 aliphatic rings. The normalized spacial score (nSPS) is 18.1. The summed E-state index contributed by atoms with van der Waals surface area (Å²) in [5, 5.41) is 10.1. The molecule has 0 aromatic rings. The summed E-state index contributed by atoms with van der Waals surface area (Å²) in [7, 11) is 1.35. The number of aliphatic hydroxyl groups is 1. The summed E-state index contributed by atoms with van der Waals surface area (Å²) in [5.74, 6) is -0.727. The maximum absolute atomic E-state index is 11.3. The number of rotatable bonds is 4. The molecule has 13 heavy (non-hydrogen) atoms. The van der Waals surface area contributed by atoms with E-state index in [0.717, 1.165) is 0 Å². The summed E-state index contributed by atoms with van der Waals surface area (Å²) < 4.78 is 4.64. The van der Waals surface area contributed by atoms with Crippen LogP contribution in [0, 0.1) is 11.8 Å². The van der Waals surface area contributed by atoms with Crippen LogP contribution in [0.5, 0.6) is 0 Å². The highest BCUT2D eigenvalue weighted by Crippen LogP contribution is 2.29. The van der Waals surface area contributed by atoms with Gasteiger partial charge in [-0.05, 0) is 19.3 Å². The average Bonchev–Trinajstić information content (AvgIpc) is 2.04. The molecular formula is C10H20O3. The van der Waals surface area contributed by atoms with Gasteiger partial charge in [0.2, 0.25) is 0 Å². The van der Waals surface area contributed by atoms with Crippen molar-refractivity contribution in [3.05, 3.63) is 0 Å². The molecule has 0 rings (SSSR count). The quantitative estimate of drug-likeness (QED) is 0.681. The molecule has 2 atom stereocenters. The molecule has 0 amide bonds. The van der Waals surface area contributed by atoms with Crippen molar-refractivity contribution in [3.8, 4) is 0 Å². The molecule has 0 saturated heterocycles. The van der Waals surface area contributed by atoms with E-state index in [1.54, 1.807) is 6.92 Å². The van der Waals surface area contributed by atoms with E-state index in [-0.39, 0.29) is 11.9 Å². The molecule has 1 N–H and O–H groups in total. The minimum atomic E-state index is -0.984. The first-order valence-electron chi connectivity index (χ1n) is 4.68. The van der Waals surface area contributed by atoms with E-state index in [4.69, 9.17) is 0 Å². The molecule has 0 aliphatic carbocycles. The van der Waals surface area contributed by atoms with E-state index < -0.39 is 11.5 Å². The Balaban J connectivity index is 4.65. The van der Waals surface area contributed by atoms with Gasteiger partial charge in [-0.2, -0.15) is 0 Å². The zero-order valence-corrected chi connectivity index (χ0v) is 9.13. The molecular weight excluding hydrogens is 168 g/mol. The van der Waals surface area contributed by atoms with Gasteiger partial charge in [-0.25, -0.2) is 0 Å². The fourth-order valence-electron chi connectivity index (χ4n) is 1.36. The van der Waals surface area contributed by atoms with Crippen molar-refractivity contribution in [1.82, 2.24) is 0 Å². The maximum atomic E-state index is 11.3. The SMILES string of the molecule is CCC(C(=O)OC)C(C)(O)C(C)C. The zero-order chi connectivity index (χ0) is 10.6. The van der Waals surface area contributed by atoms with Crippen LogP contribution in [-0.2, 0) is 9.53 Å². The van der Waals surface area contributed by atoms with Crippen LogP contribution in [0.1, 0.15) is 34.1 Å². The third-order valence-electron chi connectivity index (χ3n) is 2.77. The fourth-order valence-corrected chi connectivity index (χ4v) is 1.36. The summed E-state index contributed by atoms with van der Waals surface area (Å²) in [5.41, 5.74) is -0.984. The van der Waals surface area contributed by atoms with Crippen LogP contribution < -0.4 is 0 Å². The number of ether oxygens (including phenoxy) is 1. The first kappa shape index (κ1) is 12.4. The Labute approximate surface area is 80.1 Å². The largest absolute Gasteiger partial charge is 0.469 e. The summed E-state index contributed by atoms with van der Waals surface area (Å²) in [4.78, 5) is 11.3.